The molecule has 0 saturated heterocycles. The number of nitrogens with one attached hydrogen (secondary N) is 1. The predicted molar refractivity (Wildman–Crippen MR) is 93.0 cm³/mol. The number of hydrogen-bond donors (Lipinski definition) is 3. The topological polar surface area (TPSA) is 105 Å². The van der Waals surface area contributed by atoms with Crippen molar-refractivity contribution < 1.29 is 29.3 Å². The molecule has 0 fully saturated rings. The van der Waals surface area contributed by atoms with Crippen LogP contribution >= 0.6 is 0 Å². The van der Waals surface area contributed by atoms with Crippen LogP contribution in [0.3, 0.4) is 0 Å². The van der Waals surface area contributed by atoms with Crippen molar-refractivity contribution in [3.8, 4) is 22.6 Å². The lowest BCUT2D eigenvalue weighted by Crippen LogP contribution is -2.48. The summed E-state index contributed by atoms with van der Waals surface area (Å²) in [4.78, 5) is 23.9. The quantitative estimate of drug-likeness (QED) is 0.716. The highest BCUT2D eigenvalue weighted by Gasteiger charge is 2.25. The van der Waals surface area contributed by atoms with Crippen molar-refractivity contribution in [2.24, 2.45) is 0 Å². The van der Waals surface area contributed by atoms with Crippen LogP contribution in [0, 0.1) is 0 Å². The standard InChI is InChI=1S/C19H19NO6/c1-11(22)18(15(23)9-21)20-19(24)13-4-2-12(3-5-13)14-6-7-16-17(8-14)26-10-25-16/h2-8,11,18,21-22H,9-10H2,1H3,(H,20,24)/t11-,18+/m1/s1. The minimum absolute atomic E-state index is 0.203. The summed E-state index contributed by atoms with van der Waals surface area (Å²) in [5.41, 5.74) is 2.14. The number of carbonyl (C=O) groups excluding carboxylic acids is 2. The zero-order chi connectivity index (χ0) is 18.7. The van der Waals surface area contributed by atoms with Gasteiger partial charge in [-0.15, -0.1) is 0 Å². The van der Waals surface area contributed by atoms with Crippen LogP contribution in [-0.4, -0.2) is 47.4 Å². The van der Waals surface area contributed by atoms with Crippen LogP contribution in [0.25, 0.3) is 11.1 Å². The number of benzene rings is 2. The molecule has 1 aliphatic rings. The van der Waals surface area contributed by atoms with Gasteiger partial charge in [-0.25, -0.2) is 0 Å². The molecule has 1 aliphatic heterocycles. The van der Waals surface area contributed by atoms with Crippen molar-refractivity contribution in [2.75, 3.05) is 13.4 Å². The lowest BCUT2D eigenvalue weighted by molar-refractivity contribution is -0.125. The van der Waals surface area contributed by atoms with Crippen molar-refractivity contribution in [1.29, 1.82) is 0 Å². The molecule has 26 heavy (non-hydrogen) atoms. The Hall–Kier alpha value is -2.90. The van der Waals surface area contributed by atoms with Gasteiger partial charge in [0.25, 0.3) is 5.91 Å². The van der Waals surface area contributed by atoms with Crippen molar-refractivity contribution in [1.82, 2.24) is 5.32 Å². The molecule has 2 aromatic carbocycles. The molecular formula is C19H19NO6. The largest absolute Gasteiger partial charge is 0.454 e. The second-order valence-corrected chi connectivity index (χ2v) is 5.96. The van der Waals surface area contributed by atoms with Crippen molar-refractivity contribution >= 4 is 11.7 Å². The number of aliphatic hydroxyl groups is 2. The summed E-state index contributed by atoms with van der Waals surface area (Å²) < 4.78 is 10.6. The number of hydrogen-bond acceptors (Lipinski definition) is 6. The molecule has 1 heterocycles. The summed E-state index contributed by atoms with van der Waals surface area (Å²) in [5.74, 6) is 0.217. The molecule has 7 heteroatoms. The van der Waals surface area contributed by atoms with Gasteiger partial charge in [-0.3, -0.25) is 9.59 Å². The molecule has 0 spiro atoms. The Morgan fingerprint density at radius 1 is 1.08 bits per heavy atom. The van der Waals surface area contributed by atoms with Gasteiger partial charge < -0.3 is 25.0 Å². The van der Waals surface area contributed by atoms with Crippen LogP contribution in [-0.2, 0) is 4.79 Å². The first-order valence-electron chi connectivity index (χ1n) is 8.12. The fourth-order valence-electron chi connectivity index (χ4n) is 2.68. The average molecular weight is 357 g/mol. The maximum Gasteiger partial charge on any atom is 0.251 e. The lowest BCUT2D eigenvalue weighted by atomic mass is 10.0. The molecular weight excluding hydrogens is 338 g/mol. The van der Waals surface area contributed by atoms with Crippen LogP contribution in [0.15, 0.2) is 42.5 Å². The van der Waals surface area contributed by atoms with E-state index in [-0.39, 0.29) is 6.79 Å². The van der Waals surface area contributed by atoms with Crippen molar-refractivity contribution in [3.63, 3.8) is 0 Å². The third kappa shape index (κ3) is 3.68. The lowest BCUT2D eigenvalue weighted by Gasteiger charge is -2.19. The predicted octanol–water partition coefficient (Wildman–Crippen LogP) is 1.12. The van der Waals surface area contributed by atoms with E-state index >= 15 is 0 Å². The van der Waals surface area contributed by atoms with E-state index < -0.39 is 30.4 Å². The Morgan fingerprint density at radius 2 is 1.73 bits per heavy atom. The van der Waals surface area contributed by atoms with Gasteiger partial charge in [-0.1, -0.05) is 18.2 Å². The normalized spacial score (nSPS) is 14.6. The highest BCUT2D eigenvalue weighted by atomic mass is 16.7. The molecule has 1 amide bonds. The van der Waals surface area contributed by atoms with Crippen molar-refractivity contribution in [2.45, 2.75) is 19.1 Å². The number of ketones is 1. The van der Waals surface area contributed by atoms with Gasteiger partial charge in [0.2, 0.25) is 6.79 Å². The van der Waals surface area contributed by atoms with E-state index in [0.29, 0.717) is 17.1 Å². The monoisotopic (exact) mass is 357 g/mol. The smallest absolute Gasteiger partial charge is 0.251 e. The van der Waals surface area contributed by atoms with Gasteiger partial charge in [0.1, 0.15) is 12.6 Å². The zero-order valence-electron chi connectivity index (χ0n) is 14.1. The van der Waals surface area contributed by atoms with Gasteiger partial charge in [0.15, 0.2) is 17.3 Å². The second-order valence-electron chi connectivity index (χ2n) is 5.96. The Bertz CT molecular complexity index is 815. The summed E-state index contributed by atoms with van der Waals surface area (Å²) in [7, 11) is 0. The van der Waals surface area contributed by atoms with Crippen LogP contribution in [0.4, 0.5) is 0 Å². The van der Waals surface area contributed by atoms with Gasteiger partial charge in [-0.05, 0) is 42.3 Å². The first-order chi connectivity index (χ1) is 12.5. The van der Waals surface area contributed by atoms with Crippen molar-refractivity contribution in [3.05, 3.63) is 48.0 Å². The third-order valence-corrected chi connectivity index (χ3v) is 4.12. The number of amides is 1. The fraction of sp³-hybridized carbons (Fsp3) is 0.263. The Labute approximate surface area is 150 Å². The Morgan fingerprint density at radius 3 is 2.38 bits per heavy atom. The summed E-state index contributed by atoms with van der Waals surface area (Å²) in [6, 6.07) is 11.2. The Balaban J connectivity index is 1.74. The number of carbonyl (C=O) groups is 2. The molecule has 0 aliphatic carbocycles. The molecule has 3 N–H and O–H groups in total. The maximum atomic E-state index is 12.3. The van der Waals surface area contributed by atoms with Gasteiger partial charge in [-0.2, -0.15) is 0 Å². The van der Waals surface area contributed by atoms with E-state index in [0.717, 1.165) is 11.1 Å². The molecule has 0 saturated carbocycles. The summed E-state index contributed by atoms with van der Waals surface area (Å²) in [5, 5.41) is 21.0. The van der Waals surface area contributed by atoms with E-state index in [1.807, 2.05) is 18.2 Å². The van der Waals surface area contributed by atoms with Crippen LogP contribution < -0.4 is 14.8 Å². The van der Waals surface area contributed by atoms with E-state index in [9.17, 15) is 14.7 Å². The molecule has 2 aromatic rings. The molecule has 0 aromatic heterocycles. The highest BCUT2D eigenvalue weighted by Crippen LogP contribution is 2.35. The second kappa shape index (κ2) is 7.55. The minimum atomic E-state index is -1.15. The zero-order valence-corrected chi connectivity index (χ0v) is 14.1. The van der Waals surface area contributed by atoms with E-state index in [1.54, 1.807) is 24.3 Å². The molecule has 0 unspecified atom stereocenters. The summed E-state index contributed by atoms with van der Waals surface area (Å²) in [6.07, 6.45) is -1.11. The number of rotatable bonds is 6. The van der Waals surface area contributed by atoms with Gasteiger partial charge in [0, 0.05) is 5.56 Å². The Kier molecular flexibility index (Phi) is 5.20. The molecule has 2 atom stereocenters. The van der Waals surface area contributed by atoms with Crippen LogP contribution in [0.1, 0.15) is 17.3 Å². The SMILES string of the molecule is C[C@@H](O)[C@H](NC(=O)c1ccc(-c2ccc3c(c2)OCO3)cc1)C(=O)CO. The van der Waals surface area contributed by atoms with Gasteiger partial charge >= 0.3 is 0 Å². The van der Waals surface area contributed by atoms with E-state index in [2.05, 4.69) is 5.32 Å². The van der Waals surface area contributed by atoms with E-state index in [4.69, 9.17) is 14.6 Å². The number of ether oxygens (including phenoxy) is 2. The molecule has 0 radical (unpaired) electrons. The van der Waals surface area contributed by atoms with Crippen LogP contribution in [0.5, 0.6) is 11.5 Å². The van der Waals surface area contributed by atoms with Gasteiger partial charge in [0.05, 0.1) is 6.10 Å². The highest BCUT2D eigenvalue weighted by molar-refractivity contribution is 5.98. The average Bonchev–Trinajstić information content (AvgIpc) is 3.13. The molecule has 7 nitrogen and oxygen atoms in total. The number of Topliss-reactive ketones (excluding diaryl/α,β-unsaturated/α-hetero) is 1. The van der Waals surface area contributed by atoms with E-state index in [1.165, 1.54) is 6.92 Å². The third-order valence-electron chi connectivity index (χ3n) is 4.12. The molecule has 0 bridgehead atoms. The fourth-order valence-corrected chi connectivity index (χ4v) is 2.68. The minimum Gasteiger partial charge on any atom is -0.454 e. The summed E-state index contributed by atoms with van der Waals surface area (Å²) in [6.45, 7) is 0.828. The molecule has 136 valence electrons. The maximum absolute atomic E-state index is 12.3. The summed E-state index contributed by atoms with van der Waals surface area (Å²) >= 11 is 0. The molecule has 3 rings (SSSR count). The number of aliphatic hydroxyl groups excluding tert-OH is 2. The first-order valence-corrected chi connectivity index (χ1v) is 8.12. The van der Waals surface area contributed by atoms with Crippen LogP contribution in [0.2, 0.25) is 0 Å². The number of fused-ring (bicyclic) bond motifs is 1. The first kappa shape index (κ1) is 17.9.